The first kappa shape index (κ1) is 16.1. The maximum atomic E-state index is 9.75. The second-order valence-corrected chi connectivity index (χ2v) is 5.31. The molecule has 0 atom stereocenters. The Morgan fingerprint density at radius 1 is 1.11 bits per heavy atom. The molecular formula is C11H13BF4IN2-. The molecule has 2 rings (SSSR count). The summed E-state index contributed by atoms with van der Waals surface area (Å²) in [5, 5.41) is 0. The van der Waals surface area contributed by atoms with Crippen LogP contribution in [0.2, 0.25) is 0 Å². The Balaban J connectivity index is 0.000000312. The van der Waals surface area contributed by atoms with E-state index in [-0.39, 0.29) is 0 Å². The molecule has 0 saturated heterocycles. The zero-order valence-corrected chi connectivity index (χ0v) is 12.4. The van der Waals surface area contributed by atoms with Crippen molar-refractivity contribution >= 4 is 29.8 Å². The molecule has 1 aromatic rings. The molecule has 0 spiro atoms. The summed E-state index contributed by atoms with van der Waals surface area (Å²) in [6, 6.07) is 8.68. The number of nitrogens with zero attached hydrogens (tertiary/aromatic N) is 2. The lowest BCUT2D eigenvalue weighted by Crippen LogP contribution is -2.21. The molecule has 0 bridgehead atoms. The van der Waals surface area contributed by atoms with Crippen LogP contribution in [-0.2, 0) is 6.54 Å². The van der Waals surface area contributed by atoms with Crippen molar-refractivity contribution in [1.29, 1.82) is 0 Å². The van der Waals surface area contributed by atoms with Crippen LogP contribution in [0.5, 0.6) is 0 Å². The van der Waals surface area contributed by atoms with E-state index < -0.39 is 7.25 Å². The zero-order chi connectivity index (χ0) is 14.5. The van der Waals surface area contributed by atoms with Gasteiger partial charge in [-0.25, -0.2) is 0 Å². The van der Waals surface area contributed by atoms with Gasteiger partial charge in [0.25, 0.3) is 0 Å². The average Bonchev–Trinajstić information content (AvgIpc) is 2.65. The maximum Gasteiger partial charge on any atom is 0.673 e. The van der Waals surface area contributed by atoms with Gasteiger partial charge in [0.15, 0.2) is 0 Å². The maximum absolute atomic E-state index is 9.75. The minimum atomic E-state index is -6.00. The van der Waals surface area contributed by atoms with E-state index in [1.54, 1.807) is 0 Å². The van der Waals surface area contributed by atoms with Crippen molar-refractivity contribution in [2.24, 2.45) is 0 Å². The second-order valence-electron chi connectivity index (χ2n) is 4.06. The Morgan fingerprint density at radius 2 is 1.63 bits per heavy atom. The standard InChI is InChI=1S/C11H13IN2.BF4/c1-13-6-7-14(9-13)8-10-2-4-11(12)5-3-10;2-1(3,4)5/h2-7H,8-9H2,1H3;/q;-1. The molecule has 0 aliphatic carbocycles. The third kappa shape index (κ3) is 7.96. The van der Waals surface area contributed by atoms with Crippen LogP contribution in [0.15, 0.2) is 36.7 Å². The van der Waals surface area contributed by atoms with Crippen LogP contribution in [0.1, 0.15) is 5.56 Å². The topological polar surface area (TPSA) is 6.48 Å². The summed E-state index contributed by atoms with van der Waals surface area (Å²) in [5.41, 5.74) is 1.37. The molecule has 0 saturated carbocycles. The van der Waals surface area contributed by atoms with E-state index >= 15 is 0 Å². The Morgan fingerprint density at radius 3 is 2.05 bits per heavy atom. The first-order valence-electron chi connectivity index (χ1n) is 5.48. The van der Waals surface area contributed by atoms with Gasteiger partial charge in [0.1, 0.15) is 0 Å². The zero-order valence-electron chi connectivity index (χ0n) is 10.2. The number of hydrogen-bond acceptors (Lipinski definition) is 2. The summed E-state index contributed by atoms with van der Waals surface area (Å²) >= 11 is 2.33. The predicted molar refractivity (Wildman–Crippen MR) is 76.7 cm³/mol. The van der Waals surface area contributed by atoms with Crippen LogP contribution in [0.25, 0.3) is 0 Å². The molecule has 1 heterocycles. The molecule has 19 heavy (non-hydrogen) atoms. The van der Waals surface area contributed by atoms with Crippen molar-refractivity contribution in [2.75, 3.05) is 13.7 Å². The molecule has 0 unspecified atom stereocenters. The highest BCUT2D eigenvalue weighted by atomic mass is 127. The molecule has 0 amide bonds. The minimum absolute atomic E-state index is 0.992. The third-order valence-corrected chi connectivity index (χ3v) is 2.95. The number of hydrogen-bond donors (Lipinski definition) is 0. The Bertz CT molecular complexity index is 416. The van der Waals surface area contributed by atoms with Gasteiger partial charge in [0, 0.05) is 29.6 Å². The summed E-state index contributed by atoms with van der Waals surface area (Å²) in [6.45, 7) is 1.99. The molecule has 106 valence electrons. The number of benzene rings is 1. The predicted octanol–water partition coefficient (Wildman–Crippen LogP) is 3.77. The average molecular weight is 387 g/mol. The normalized spacial score (nSPS) is 14.4. The molecule has 8 heteroatoms. The third-order valence-electron chi connectivity index (χ3n) is 2.24. The largest absolute Gasteiger partial charge is 0.673 e. The van der Waals surface area contributed by atoms with Gasteiger partial charge in [-0.2, -0.15) is 0 Å². The van der Waals surface area contributed by atoms with Crippen LogP contribution < -0.4 is 0 Å². The Hall–Kier alpha value is -0.925. The van der Waals surface area contributed by atoms with E-state index in [0.717, 1.165) is 13.2 Å². The molecular weight excluding hydrogens is 374 g/mol. The van der Waals surface area contributed by atoms with Crippen molar-refractivity contribution in [1.82, 2.24) is 9.80 Å². The molecule has 2 nitrogen and oxygen atoms in total. The van der Waals surface area contributed by atoms with Crippen molar-refractivity contribution in [3.63, 3.8) is 0 Å². The molecule has 1 aliphatic rings. The fourth-order valence-electron chi connectivity index (χ4n) is 1.52. The van der Waals surface area contributed by atoms with E-state index in [2.05, 4.69) is 76.1 Å². The first-order chi connectivity index (χ1) is 8.74. The van der Waals surface area contributed by atoms with Crippen LogP contribution in [0.4, 0.5) is 17.3 Å². The van der Waals surface area contributed by atoms with Gasteiger partial charge in [-0.3, -0.25) is 0 Å². The van der Waals surface area contributed by atoms with Crippen LogP contribution in [0.3, 0.4) is 0 Å². The SMILES string of the molecule is CN1C=CN(Cc2ccc(I)cc2)C1.F[B-](F)(F)F. The highest BCUT2D eigenvalue weighted by Crippen LogP contribution is 2.12. The smallest absolute Gasteiger partial charge is 0.418 e. The molecule has 0 N–H and O–H groups in total. The molecule has 0 fully saturated rings. The van der Waals surface area contributed by atoms with Crippen molar-refractivity contribution in [3.05, 3.63) is 45.8 Å². The van der Waals surface area contributed by atoms with Gasteiger partial charge in [0.05, 0.1) is 6.67 Å². The van der Waals surface area contributed by atoms with E-state index in [1.165, 1.54) is 9.13 Å². The van der Waals surface area contributed by atoms with Crippen LogP contribution in [-0.4, -0.2) is 30.8 Å². The summed E-state index contributed by atoms with van der Waals surface area (Å²) in [4.78, 5) is 4.47. The summed E-state index contributed by atoms with van der Waals surface area (Å²) in [6.07, 6.45) is 4.24. The number of rotatable bonds is 2. The van der Waals surface area contributed by atoms with Gasteiger partial charge in [-0.15, -0.1) is 0 Å². The lowest BCUT2D eigenvalue weighted by Gasteiger charge is -2.17. The van der Waals surface area contributed by atoms with Gasteiger partial charge >= 0.3 is 7.25 Å². The monoisotopic (exact) mass is 387 g/mol. The molecule has 1 aliphatic heterocycles. The summed E-state index contributed by atoms with van der Waals surface area (Å²) < 4.78 is 40.3. The van der Waals surface area contributed by atoms with Crippen LogP contribution >= 0.6 is 22.6 Å². The molecule has 0 aromatic heterocycles. The lowest BCUT2D eigenvalue weighted by molar-refractivity contribution is 0.291. The van der Waals surface area contributed by atoms with Crippen molar-refractivity contribution in [3.8, 4) is 0 Å². The van der Waals surface area contributed by atoms with E-state index in [1.807, 2.05) is 0 Å². The van der Waals surface area contributed by atoms with Crippen molar-refractivity contribution < 1.29 is 17.3 Å². The van der Waals surface area contributed by atoms with Gasteiger partial charge in [0.2, 0.25) is 0 Å². The number of halogens is 5. The van der Waals surface area contributed by atoms with E-state index in [0.29, 0.717) is 0 Å². The van der Waals surface area contributed by atoms with Gasteiger partial charge < -0.3 is 27.1 Å². The van der Waals surface area contributed by atoms with Crippen LogP contribution in [0, 0.1) is 3.57 Å². The first-order valence-corrected chi connectivity index (χ1v) is 6.56. The van der Waals surface area contributed by atoms with Gasteiger partial charge in [-0.1, -0.05) is 12.1 Å². The quantitative estimate of drug-likeness (QED) is 0.433. The fourth-order valence-corrected chi connectivity index (χ4v) is 1.88. The highest BCUT2D eigenvalue weighted by molar-refractivity contribution is 14.1. The summed E-state index contributed by atoms with van der Waals surface area (Å²) in [5.74, 6) is 0. The molecule has 0 radical (unpaired) electrons. The summed E-state index contributed by atoms with van der Waals surface area (Å²) in [7, 11) is -3.91. The van der Waals surface area contributed by atoms with E-state index in [4.69, 9.17) is 0 Å². The Labute approximate surface area is 123 Å². The lowest BCUT2D eigenvalue weighted by atomic mass is 10.2. The van der Waals surface area contributed by atoms with E-state index in [9.17, 15) is 17.3 Å². The second kappa shape index (κ2) is 7.02. The van der Waals surface area contributed by atoms with Gasteiger partial charge in [-0.05, 0) is 40.3 Å². The van der Waals surface area contributed by atoms with Crippen molar-refractivity contribution in [2.45, 2.75) is 6.54 Å². The highest BCUT2D eigenvalue weighted by Gasteiger charge is 2.20. The fraction of sp³-hybridized carbons (Fsp3) is 0.273. The minimum Gasteiger partial charge on any atom is -0.418 e. The Kier molecular flexibility index (Phi) is 5.96. The molecule has 1 aromatic carbocycles.